The molecule has 3 N–H and O–H groups in total. The van der Waals surface area contributed by atoms with Crippen molar-refractivity contribution >= 4 is 44.6 Å². The number of halogens is 3. The molecule has 0 aliphatic carbocycles. The fourth-order valence-corrected chi connectivity index (χ4v) is 6.45. The molecule has 0 spiro atoms. The fraction of sp³-hybridized carbons (Fsp3) is 0.607. The fourth-order valence-electron chi connectivity index (χ4n) is 5.62. The molecule has 242 valence electrons. The van der Waals surface area contributed by atoms with Crippen molar-refractivity contribution in [2.24, 2.45) is 17.8 Å². The van der Waals surface area contributed by atoms with Crippen LogP contribution in [0.3, 0.4) is 0 Å². The molecule has 16 heteroatoms. The Labute approximate surface area is 252 Å². The van der Waals surface area contributed by atoms with E-state index in [0.29, 0.717) is 19.4 Å². The summed E-state index contributed by atoms with van der Waals surface area (Å²) in [6.07, 6.45) is -2.89. The van der Waals surface area contributed by atoms with Crippen LogP contribution in [0.4, 0.5) is 13.2 Å². The van der Waals surface area contributed by atoms with E-state index in [1.54, 1.807) is 13.8 Å². The first-order valence-corrected chi connectivity index (χ1v) is 16.2. The molecule has 0 saturated carbocycles. The van der Waals surface area contributed by atoms with Crippen LogP contribution < -0.4 is 15.4 Å². The molecular weight excluding hydrogens is 607 g/mol. The molecule has 3 amide bonds. The number of Topliss-reactive ketones (excluding diaryl/α,β-unsaturated/α-hetero) is 1. The predicted octanol–water partition coefficient (Wildman–Crippen LogP) is 2.24. The molecule has 1 aromatic carbocycles. The minimum Gasteiger partial charge on any atom is -0.434 e. The molecule has 0 radical (unpaired) electrons. The summed E-state index contributed by atoms with van der Waals surface area (Å²) in [4.78, 5) is 58.6. The Kier molecular flexibility index (Phi) is 9.73. The van der Waals surface area contributed by atoms with Gasteiger partial charge in [-0.25, -0.2) is 18.1 Å². The number of piperidine rings is 1. The van der Waals surface area contributed by atoms with Crippen LogP contribution >= 0.6 is 0 Å². The number of para-hydroxylation sites is 1. The normalized spacial score (nSPS) is 22.6. The van der Waals surface area contributed by atoms with Gasteiger partial charge in [-0.15, -0.1) is 0 Å². The number of rotatable bonds is 10. The van der Waals surface area contributed by atoms with Crippen molar-refractivity contribution in [2.45, 2.75) is 70.8 Å². The molecule has 4 rings (SSSR count). The number of hydrogen-bond acceptors (Lipinski definition) is 8. The van der Waals surface area contributed by atoms with E-state index in [1.165, 1.54) is 11.0 Å². The quantitative estimate of drug-likeness (QED) is 0.332. The summed E-state index contributed by atoms with van der Waals surface area (Å²) in [5.74, 6) is -4.38. The summed E-state index contributed by atoms with van der Waals surface area (Å²) < 4.78 is 72.4. The van der Waals surface area contributed by atoms with Gasteiger partial charge < -0.3 is 20.0 Å². The number of ketones is 1. The van der Waals surface area contributed by atoms with Crippen LogP contribution in [0.15, 0.2) is 22.6 Å². The molecule has 2 aromatic rings. The van der Waals surface area contributed by atoms with Gasteiger partial charge in [0.25, 0.3) is 5.89 Å². The number of likely N-dealkylation sites (tertiary alicyclic amines) is 1. The van der Waals surface area contributed by atoms with Gasteiger partial charge in [-0.05, 0) is 49.7 Å². The van der Waals surface area contributed by atoms with E-state index in [1.807, 2.05) is 6.92 Å². The van der Waals surface area contributed by atoms with E-state index >= 15 is 0 Å². The summed E-state index contributed by atoms with van der Waals surface area (Å²) in [6.45, 7) is 5.71. The first-order chi connectivity index (χ1) is 20.5. The van der Waals surface area contributed by atoms with Gasteiger partial charge in [-0.2, -0.15) is 13.2 Å². The van der Waals surface area contributed by atoms with Crippen LogP contribution in [0.2, 0.25) is 0 Å². The van der Waals surface area contributed by atoms with Crippen molar-refractivity contribution in [3.8, 4) is 0 Å². The number of amides is 3. The Bertz CT molecular complexity index is 1540. The lowest BCUT2D eigenvalue weighted by Crippen LogP contribution is -2.60. The highest BCUT2D eigenvalue weighted by Crippen LogP contribution is 2.35. The van der Waals surface area contributed by atoms with E-state index in [9.17, 15) is 40.8 Å². The van der Waals surface area contributed by atoms with Crippen molar-refractivity contribution in [2.75, 3.05) is 19.3 Å². The van der Waals surface area contributed by atoms with Crippen LogP contribution in [0.25, 0.3) is 11.1 Å². The van der Waals surface area contributed by atoms with Gasteiger partial charge in [0.05, 0.1) is 17.9 Å². The monoisotopic (exact) mass is 643 g/mol. The Morgan fingerprint density at radius 3 is 2.50 bits per heavy atom. The number of carbonyl (C=O) groups excluding carboxylic acids is 4. The van der Waals surface area contributed by atoms with Crippen molar-refractivity contribution < 1.29 is 45.2 Å². The Morgan fingerprint density at radius 2 is 1.91 bits per heavy atom. The molecule has 12 nitrogen and oxygen atoms in total. The topological polar surface area (TPSA) is 168 Å². The van der Waals surface area contributed by atoms with Gasteiger partial charge >= 0.3 is 6.18 Å². The van der Waals surface area contributed by atoms with Gasteiger partial charge in [-0.1, -0.05) is 26.8 Å². The Morgan fingerprint density at radius 1 is 1.20 bits per heavy atom. The number of nitrogens with one attached hydrogen (secondary N) is 3. The average Bonchev–Trinajstić information content (AvgIpc) is 3.55. The number of hydrogen-bond donors (Lipinski definition) is 3. The van der Waals surface area contributed by atoms with Gasteiger partial charge in [0, 0.05) is 19.0 Å². The third-order valence-electron chi connectivity index (χ3n) is 7.98. The largest absolute Gasteiger partial charge is 0.434 e. The maximum absolute atomic E-state index is 13.8. The zero-order valence-corrected chi connectivity index (χ0v) is 25.5. The smallest absolute Gasteiger partial charge is 0.418 e. The Balaban J connectivity index is 1.65. The number of alkyl halides is 3. The lowest BCUT2D eigenvalue weighted by Gasteiger charge is -2.40. The minimum absolute atomic E-state index is 0.00255. The maximum atomic E-state index is 13.8. The van der Waals surface area contributed by atoms with Crippen molar-refractivity contribution in [1.29, 1.82) is 0 Å². The van der Waals surface area contributed by atoms with Crippen LogP contribution in [0.5, 0.6) is 0 Å². The first-order valence-electron chi connectivity index (χ1n) is 14.3. The molecule has 2 aliphatic rings. The first kappa shape index (κ1) is 33.4. The third kappa shape index (κ3) is 7.57. The highest BCUT2D eigenvalue weighted by molar-refractivity contribution is 7.88. The molecule has 2 fully saturated rings. The van der Waals surface area contributed by atoms with E-state index in [-0.39, 0.29) is 36.8 Å². The second-order valence-electron chi connectivity index (χ2n) is 11.9. The lowest BCUT2D eigenvalue weighted by atomic mass is 9.89. The Hall–Kier alpha value is -3.53. The summed E-state index contributed by atoms with van der Waals surface area (Å²) in [7, 11) is -3.77. The highest BCUT2D eigenvalue weighted by atomic mass is 32.2. The lowest BCUT2D eigenvalue weighted by molar-refractivity contribution is -0.145. The molecule has 0 bridgehead atoms. The summed E-state index contributed by atoms with van der Waals surface area (Å²) >= 11 is 0. The molecule has 5 atom stereocenters. The van der Waals surface area contributed by atoms with Crippen LogP contribution in [0.1, 0.15) is 62.7 Å². The van der Waals surface area contributed by atoms with Crippen LogP contribution in [0, 0.1) is 17.8 Å². The van der Waals surface area contributed by atoms with E-state index in [4.69, 9.17) is 4.42 Å². The zero-order chi connectivity index (χ0) is 32.6. The molecule has 2 saturated heterocycles. The van der Waals surface area contributed by atoms with Gasteiger partial charge in [-0.3, -0.25) is 19.2 Å². The molecule has 3 heterocycles. The van der Waals surface area contributed by atoms with Gasteiger partial charge in [0.1, 0.15) is 17.6 Å². The zero-order valence-electron chi connectivity index (χ0n) is 24.7. The summed E-state index contributed by atoms with van der Waals surface area (Å²) in [5.41, 5.74) is -1.94. The second kappa shape index (κ2) is 12.8. The average molecular weight is 644 g/mol. The molecule has 44 heavy (non-hydrogen) atoms. The predicted molar refractivity (Wildman–Crippen MR) is 152 cm³/mol. The van der Waals surface area contributed by atoms with Crippen molar-refractivity contribution in [1.82, 2.24) is 25.2 Å². The molecule has 1 aromatic heterocycles. The number of fused-ring (bicyclic) bond motifs is 1. The van der Waals surface area contributed by atoms with Crippen molar-refractivity contribution in [3.63, 3.8) is 0 Å². The third-order valence-corrected chi connectivity index (χ3v) is 8.66. The van der Waals surface area contributed by atoms with Crippen LogP contribution in [-0.2, 0) is 30.6 Å². The van der Waals surface area contributed by atoms with Crippen molar-refractivity contribution in [3.05, 3.63) is 29.7 Å². The second-order valence-corrected chi connectivity index (χ2v) is 13.7. The summed E-state index contributed by atoms with van der Waals surface area (Å²) in [6, 6.07) is -0.485. The van der Waals surface area contributed by atoms with Crippen LogP contribution in [-0.4, -0.2) is 79.3 Å². The van der Waals surface area contributed by atoms with Gasteiger partial charge in [0.15, 0.2) is 5.58 Å². The minimum atomic E-state index is -4.76. The molecule has 0 unspecified atom stereocenters. The summed E-state index contributed by atoms with van der Waals surface area (Å²) in [5, 5.41) is 5.27. The van der Waals surface area contributed by atoms with E-state index < -0.39 is 80.7 Å². The number of aromatic nitrogens is 1. The number of sulfonamides is 1. The molecular formula is C28H36F3N5O7S. The van der Waals surface area contributed by atoms with E-state index in [0.717, 1.165) is 18.4 Å². The number of benzene rings is 1. The SMILES string of the molecule is CC(C)[C@H](NS(C)(=O)=O)C(=O)N1CC[C@@H](C)C[C@H]1C(=O)N[C@@H](C[C@@H]1CCNC1=O)C(=O)c1nc2c(C(F)(F)F)cccc2o1. The number of nitrogens with zero attached hydrogens (tertiary/aromatic N) is 2. The van der Waals surface area contributed by atoms with Gasteiger partial charge in [0.2, 0.25) is 33.5 Å². The van der Waals surface area contributed by atoms with E-state index in [2.05, 4.69) is 20.3 Å². The number of carbonyl (C=O) groups is 4. The highest BCUT2D eigenvalue weighted by Gasteiger charge is 2.42. The maximum Gasteiger partial charge on any atom is 0.418 e. The standard InChI is InChI=1S/C28H36F3N5O7S/c1-14(2)21(35-44(4,41)42)27(40)36-11-9-15(3)12-19(36)25(39)33-18(13-16-8-10-32-24(16)38)23(37)26-34-22-17(28(29,30)31)6-5-7-20(22)43-26/h5-7,14-16,18-19,21,35H,8-13H2,1-4H3,(H,32,38)(H,33,39)/t15-,16+,18+,19+,21+/m1/s1. The number of oxazole rings is 1. The molecule has 2 aliphatic heterocycles.